The Morgan fingerprint density at radius 3 is 2.31 bits per heavy atom. The van der Waals surface area contributed by atoms with Crippen LogP contribution in [0.2, 0.25) is 0 Å². The normalized spacial score (nSPS) is 15.8. The Kier molecular flexibility index (Phi) is 4.65. The molecule has 0 aliphatic carbocycles. The summed E-state index contributed by atoms with van der Waals surface area (Å²) in [4.78, 5) is 17.4. The molecule has 0 aliphatic rings. The highest BCUT2D eigenvalue weighted by molar-refractivity contribution is 7.51. The Balaban J connectivity index is 2.52. The maximum Gasteiger partial charge on any atom is 0.328 e. The molecule has 0 amide bonds. The lowest BCUT2D eigenvalue weighted by Crippen LogP contribution is -2.38. The SMILES string of the molecule is NC(Cc1ccccc1)C(O)CP(=O)(O)O. The Morgan fingerprint density at radius 1 is 1.25 bits per heavy atom. The van der Waals surface area contributed by atoms with Gasteiger partial charge in [0.2, 0.25) is 0 Å². The number of rotatable bonds is 5. The largest absolute Gasteiger partial charge is 0.391 e. The van der Waals surface area contributed by atoms with Crippen molar-refractivity contribution >= 4 is 7.60 Å². The Labute approximate surface area is 94.1 Å². The van der Waals surface area contributed by atoms with Crippen LogP contribution in [0.3, 0.4) is 0 Å². The summed E-state index contributed by atoms with van der Waals surface area (Å²) in [6.45, 7) is 0. The van der Waals surface area contributed by atoms with Crippen LogP contribution >= 0.6 is 7.60 Å². The van der Waals surface area contributed by atoms with Gasteiger partial charge in [-0.15, -0.1) is 0 Å². The molecule has 0 radical (unpaired) electrons. The van der Waals surface area contributed by atoms with Gasteiger partial charge in [0, 0.05) is 6.04 Å². The van der Waals surface area contributed by atoms with Crippen LogP contribution in [0, 0.1) is 0 Å². The van der Waals surface area contributed by atoms with E-state index in [-0.39, 0.29) is 0 Å². The van der Waals surface area contributed by atoms with Gasteiger partial charge in [-0.1, -0.05) is 30.3 Å². The van der Waals surface area contributed by atoms with Crippen molar-refractivity contribution in [2.45, 2.75) is 18.6 Å². The van der Waals surface area contributed by atoms with E-state index >= 15 is 0 Å². The van der Waals surface area contributed by atoms with Gasteiger partial charge in [0.1, 0.15) is 0 Å². The van der Waals surface area contributed by atoms with Crippen LogP contribution in [0.25, 0.3) is 0 Å². The van der Waals surface area contributed by atoms with Gasteiger partial charge >= 0.3 is 7.60 Å². The fraction of sp³-hybridized carbons (Fsp3) is 0.400. The van der Waals surface area contributed by atoms with E-state index in [1.54, 1.807) is 0 Å². The average Bonchev–Trinajstić information content (AvgIpc) is 2.16. The van der Waals surface area contributed by atoms with E-state index in [1.165, 1.54) is 0 Å². The quantitative estimate of drug-likeness (QED) is 0.551. The highest BCUT2D eigenvalue weighted by Crippen LogP contribution is 2.35. The van der Waals surface area contributed by atoms with E-state index in [9.17, 15) is 9.67 Å². The molecule has 0 aliphatic heterocycles. The number of hydrogen-bond acceptors (Lipinski definition) is 3. The number of aliphatic hydroxyl groups excluding tert-OH is 1. The van der Waals surface area contributed by atoms with Gasteiger partial charge in [-0.25, -0.2) is 0 Å². The fourth-order valence-electron chi connectivity index (χ4n) is 1.40. The highest BCUT2D eigenvalue weighted by Gasteiger charge is 2.24. The van der Waals surface area contributed by atoms with Gasteiger partial charge in [-0.2, -0.15) is 0 Å². The fourth-order valence-corrected chi connectivity index (χ4v) is 2.16. The molecule has 1 aromatic carbocycles. The topological polar surface area (TPSA) is 104 Å². The molecule has 5 nitrogen and oxygen atoms in total. The molecule has 0 fully saturated rings. The second-order valence-electron chi connectivity index (χ2n) is 3.77. The van der Waals surface area contributed by atoms with Gasteiger partial charge in [0.05, 0.1) is 12.3 Å². The Bertz CT molecular complexity index is 364. The number of benzene rings is 1. The van der Waals surface area contributed by atoms with Crippen molar-refractivity contribution in [3.05, 3.63) is 35.9 Å². The standard InChI is InChI=1S/C10H16NO4P/c11-9(10(12)7-16(13,14)15)6-8-4-2-1-3-5-8/h1-5,9-10,12H,6-7,11H2,(H2,13,14,15). The van der Waals surface area contributed by atoms with E-state index < -0.39 is 25.9 Å². The van der Waals surface area contributed by atoms with Gasteiger partial charge in [-0.05, 0) is 12.0 Å². The number of hydrogen-bond donors (Lipinski definition) is 4. The summed E-state index contributed by atoms with van der Waals surface area (Å²) in [6.07, 6.45) is -1.40. The predicted octanol–water partition coefficient (Wildman–Crippen LogP) is 0.0950. The molecular formula is C10H16NO4P. The van der Waals surface area contributed by atoms with Crippen LogP contribution in [-0.2, 0) is 11.0 Å². The summed E-state index contributed by atoms with van der Waals surface area (Å²) < 4.78 is 10.7. The van der Waals surface area contributed by atoms with Crippen LogP contribution in [-0.4, -0.2) is 33.2 Å². The Hall–Kier alpha value is -0.710. The second kappa shape index (κ2) is 5.57. The number of nitrogens with two attached hydrogens (primary N) is 1. The van der Waals surface area contributed by atoms with Crippen LogP contribution in [0.4, 0.5) is 0 Å². The van der Waals surface area contributed by atoms with E-state index in [4.69, 9.17) is 15.5 Å². The van der Waals surface area contributed by atoms with Gasteiger partial charge in [-0.3, -0.25) is 4.57 Å². The third-order valence-electron chi connectivity index (χ3n) is 2.23. The van der Waals surface area contributed by atoms with E-state index in [0.717, 1.165) is 5.56 Å². The summed E-state index contributed by atoms with van der Waals surface area (Å²) in [5.74, 6) is 0. The molecule has 16 heavy (non-hydrogen) atoms. The molecule has 0 bridgehead atoms. The van der Waals surface area contributed by atoms with Gasteiger partial charge < -0.3 is 20.6 Å². The van der Waals surface area contributed by atoms with E-state index in [1.807, 2.05) is 30.3 Å². The Morgan fingerprint density at radius 2 is 1.81 bits per heavy atom. The molecular weight excluding hydrogens is 229 g/mol. The minimum absolute atomic E-state index is 0.391. The average molecular weight is 245 g/mol. The van der Waals surface area contributed by atoms with Crippen molar-refractivity contribution in [1.29, 1.82) is 0 Å². The summed E-state index contributed by atoms with van der Waals surface area (Å²) in [5.41, 5.74) is 6.59. The zero-order chi connectivity index (χ0) is 12.2. The third kappa shape index (κ3) is 4.88. The lowest BCUT2D eigenvalue weighted by atomic mass is 10.0. The van der Waals surface area contributed by atoms with E-state index in [2.05, 4.69) is 0 Å². The van der Waals surface area contributed by atoms with Crippen LogP contribution in [0.15, 0.2) is 30.3 Å². The molecule has 5 N–H and O–H groups in total. The van der Waals surface area contributed by atoms with Crippen molar-refractivity contribution in [2.24, 2.45) is 5.73 Å². The molecule has 1 rings (SSSR count). The minimum atomic E-state index is -4.21. The lowest BCUT2D eigenvalue weighted by molar-refractivity contribution is 0.158. The zero-order valence-electron chi connectivity index (χ0n) is 8.73. The molecule has 0 saturated carbocycles. The predicted molar refractivity (Wildman–Crippen MR) is 61.0 cm³/mol. The molecule has 6 heteroatoms. The van der Waals surface area contributed by atoms with Crippen molar-refractivity contribution < 1.29 is 19.5 Å². The second-order valence-corrected chi connectivity index (χ2v) is 5.46. The molecule has 0 heterocycles. The van der Waals surface area contributed by atoms with Crippen molar-refractivity contribution in [2.75, 3.05) is 6.16 Å². The lowest BCUT2D eigenvalue weighted by Gasteiger charge is -2.19. The van der Waals surface area contributed by atoms with Crippen molar-refractivity contribution in [3.63, 3.8) is 0 Å². The first-order chi connectivity index (χ1) is 7.38. The highest BCUT2D eigenvalue weighted by atomic mass is 31.2. The monoisotopic (exact) mass is 245 g/mol. The molecule has 2 atom stereocenters. The number of aliphatic hydroxyl groups is 1. The molecule has 1 aromatic rings. The maximum atomic E-state index is 10.7. The summed E-state index contributed by atoms with van der Waals surface area (Å²) in [7, 11) is -4.21. The first-order valence-corrected chi connectivity index (χ1v) is 6.70. The van der Waals surface area contributed by atoms with Gasteiger partial charge in [0.15, 0.2) is 0 Å². The first kappa shape index (κ1) is 13.4. The smallest absolute Gasteiger partial charge is 0.328 e. The van der Waals surface area contributed by atoms with Crippen LogP contribution in [0.1, 0.15) is 5.56 Å². The maximum absolute atomic E-state index is 10.7. The molecule has 0 spiro atoms. The summed E-state index contributed by atoms with van der Waals surface area (Å²) in [6, 6.07) is 8.58. The first-order valence-electron chi connectivity index (χ1n) is 4.90. The summed E-state index contributed by atoms with van der Waals surface area (Å²) in [5, 5.41) is 9.50. The van der Waals surface area contributed by atoms with Crippen LogP contribution in [0.5, 0.6) is 0 Å². The zero-order valence-corrected chi connectivity index (χ0v) is 9.62. The molecule has 2 unspecified atom stereocenters. The van der Waals surface area contributed by atoms with Crippen LogP contribution < -0.4 is 5.73 Å². The summed E-state index contributed by atoms with van der Waals surface area (Å²) >= 11 is 0. The molecule has 0 saturated heterocycles. The van der Waals surface area contributed by atoms with Crippen molar-refractivity contribution in [1.82, 2.24) is 0 Å². The minimum Gasteiger partial charge on any atom is -0.391 e. The molecule has 0 aromatic heterocycles. The van der Waals surface area contributed by atoms with Crippen molar-refractivity contribution in [3.8, 4) is 0 Å². The van der Waals surface area contributed by atoms with Gasteiger partial charge in [0.25, 0.3) is 0 Å². The van der Waals surface area contributed by atoms with E-state index in [0.29, 0.717) is 6.42 Å². The molecule has 90 valence electrons. The third-order valence-corrected chi connectivity index (χ3v) is 3.08.